The topological polar surface area (TPSA) is 74.6 Å². The fourth-order valence-electron chi connectivity index (χ4n) is 3.65. The summed E-state index contributed by atoms with van der Waals surface area (Å²) in [7, 11) is 5.79. The number of thiophene rings is 1. The molecular weight excluding hydrogens is 483 g/mol. The fourth-order valence-corrected chi connectivity index (χ4v) is 6.43. The summed E-state index contributed by atoms with van der Waals surface area (Å²) in [4.78, 5) is 24.1. The zero-order valence-corrected chi connectivity index (χ0v) is 20.2. The van der Waals surface area contributed by atoms with Crippen LogP contribution < -0.4 is 0 Å². The van der Waals surface area contributed by atoms with Crippen LogP contribution in [0.5, 0.6) is 0 Å². The van der Waals surface area contributed by atoms with Crippen LogP contribution in [0.15, 0.2) is 39.1 Å². The number of hydrogen-bond donors (Lipinski definition) is 2. The van der Waals surface area contributed by atoms with Crippen molar-refractivity contribution in [2.75, 3.05) is 5.75 Å². The Balaban J connectivity index is 1.90. The van der Waals surface area contributed by atoms with Crippen LogP contribution >= 0.6 is 39.0 Å². The summed E-state index contributed by atoms with van der Waals surface area (Å²) in [5.74, 6) is 1.31. The summed E-state index contributed by atoms with van der Waals surface area (Å²) < 4.78 is 2.18. The number of aliphatic hydroxyl groups is 1. The summed E-state index contributed by atoms with van der Waals surface area (Å²) in [5.41, 5.74) is 0. The average molecular weight is 510 g/mol. The van der Waals surface area contributed by atoms with E-state index < -0.39 is 12.1 Å². The van der Waals surface area contributed by atoms with Crippen LogP contribution in [0, 0.1) is 24.7 Å². The molecule has 1 aliphatic rings. The van der Waals surface area contributed by atoms with Gasteiger partial charge >= 0.3 is 197 Å². The second-order valence-electron chi connectivity index (χ2n) is 7.48. The van der Waals surface area contributed by atoms with Crippen molar-refractivity contribution in [3.8, 4) is 0 Å². The van der Waals surface area contributed by atoms with E-state index >= 15 is 0 Å². The van der Waals surface area contributed by atoms with E-state index in [1.165, 1.54) is 16.6 Å². The minimum absolute atomic E-state index is 0.00173. The Bertz CT molecular complexity index is 786. The minimum atomic E-state index is -0.786. The van der Waals surface area contributed by atoms with E-state index in [1.807, 2.05) is 31.2 Å². The average Bonchev–Trinajstić information content (AvgIpc) is 3.19. The van der Waals surface area contributed by atoms with Gasteiger partial charge in [-0.1, -0.05) is 0 Å². The second kappa shape index (κ2) is 12.8. The number of carboxylic acids is 1. The van der Waals surface area contributed by atoms with E-state index in [0.717, 1.165) is 8.68 Å². The molecule has 8 heteroatoms. The summed E-state index contributed by atoms with van der Waals surface area (Å²) >= 11 is 6.69. The third kappa shape index (κ3) is 7.95. The molecule has 0 bridgehead atoms. The molecule has 1 saturated carbocycles. The third-order valence-corrected chi connectivity index (χ3v) is 8.64. The van der Waals surface area contributed by atoms with Gasteiger partial charge in [0.1, 0.15) is 0 Å². The van der Waals surface area contributed by atoms with Crippen LogP contribution in [0.25, 0.3) is 0 Å². The van der Waals surface area contributed by atoms with Gasteiger partial charge in [0.2, 0.25) is 0 Å². The molecule has 2 rings (SSSR count). The summed E-state index contributed by atoms with van der Waals surface area (Å²) in [5, 5.41) is 19.1. The van der Waals surface area contributed by atoms with Crippen LogP contribution in [0.1, 0.15) is 37.0 Å². The molecule has 0 spiro atoms. The van der Waals surface area contributed by atoms with Gasteiger partial charge in [-0.25, -0.2) is 0 Å². The number of allylic oxidation sites excluding steroid dienone is 4. The van der Waals surface area contributed by atoms with E-state index in [2.05, 4.69) is 15.9 Å². The van der Waals surface area contributed by atoms with Crippen molar-refractivity contribution in [1.29, 1.82) is 0 Å². The van der Waals surface area contributed by atoms with E-state index in [-0.39, 0.29) is 30.0 Å². The van der Waals surface area contributed by atoms with E-state index in [1.54, 1.807) is 23.4 Å². The Morgan fingerprint density at radius 3 is 2.80 bits per heavy atom. The fraction of sp³-hybridized carbons (Fsp3) is 0.500. The van der Waals surface area contributed by atoms with Gasteiger partial charge in [-0.2, -0.15) is 0 Å². The Labute approximate surface area is 196 Å². The van der Waals surface area contributed by atoms with Crippen LogP contribution in [-0.4, -0.2) is 47.3 Å². The first-order chi connectivity index (χ1) is 14.3. The van der Waals surface area contributed by atoms with Gasteiger partial charge in [-0.15, -0.1) is 0 Å². The van der Waals surface area contributed by atoms with Gasteiger partial charge in [-0.3, -0.25) is 0 Å². The van der Waals surface area contributed by atoms with E-state index in [9.17, 15) is 14.7 Å². The monoisotopic (exact) mass is 509 g/mol. The van der Waals surface area contributed by atoms with Crippen LogP contribution in [-0.2, 0) is 9.59 Å². The van der Waals surface area contributed by atoms with Crippen molar-refractivity contribution in [3.63, 3.8) is 0 Å². The Morgan fingerprint density at radius 1 is 1.40 bits per heavy atom. The standard InChI is InChI=1S/C22H27BBrO4S2/c1-14-19(24)11-22(30-14)29-13-16(25)8-9-17-15(12-23)10-20(26)18(17)6-4-2-3-5-7-21(27)28/h2,4,8-9,11-12,15,17-18,20,26H,3,5-7,10,13H2,1H3,(H,27,28)/b4-2-,9-8+/t15-,17-,18+,20?/m0/s1. The molecule has 4 nitrogen and oxygen atoms in total. The molecule has 0 aromatic carbocycles. The maximum atomic E-state index is 12.4. The molecule has 0 saturated heterocycles. The zero-order valence-electron chi connectivity index (χ0n) is 17.0. The Kier molecular flexibility index (Phi) is 10.8. The van der Waals surface area contributed by atoms with Crippen LogP contribution in [0.4, 0.5) is 0 Å². The number of aliphatic hydroxyl groups excluding tert-OH is 1. The summed E-state index contributed by atoms with van der Waals surface area (Å²) in [6, 6.07) is 2.03. The number of carbonyl (C=O) groups is 2. The molecule has 0 amide bonds. The number of unbranched alkanes of at least 4 members (excludes halogenated alkanes) is 1. The molecule has 1 radical (unpaired) electrons. The van der Waals surface area contributed by atoms with Crippen molar-refractivity contribution in [2.45, 2.75) is 49.3 Å². The van der Waals surface area contributed by atoms with E-state index in [0.29, 0.717) is 31.4 Å². The normalized spacial score (nSPS) is 24.1. The van der Waals surface area contributed by atoms with Crippen LogP contribution in [0.3, 0.4) is 0 Å². The first kappa shape index (κ1) is 25.3. The first-order valence-corrected chi connectivity index (χ1v) is 12.6. The molecule has 1 aromatic heterocycles. The predicted molar refractivity (Wildman–Crippen MR) is 130 cm³/mol. The second-order valence-corrected chi connectivity index (χ2v) is 10.9. The van der Waals surface area contributed by atoms with Gasteiger partial charge in [-0.05, 0) is 0 Å². The molecule has 1 fully saturated rings. The summed E-state index contributed by atoms with van der Waals surface area (Å²) in [6.45, 7) is 2.04. The van der Waals surface area contributed by atoms with Gasteiger partial charge in [0.05, 0.1) is 0 Å². The SMILES string of the molecule is [B]=C[C@@H]1CC(O)[C@H](C/C=C\CCCC(=O)O)[C@H]1/C=C/C(=O)CSc1cc(Br)c(C)s1. The van der Waals surface area contributed by atoms with Gasteiger partial charge < -0.3 is 0 Å². The molecule has 1 unspecified atom stereocenters. The molecule has 161 valence electrons. The number of carboxylic acid groups (broad SMARTS) is 1. The molecule has 30 heavy (non-hydrogen) atoms. The van der Waals surface area contributed by atoms with Crippen LogP contribution in [0.2, 0.25) is 0 Å². The number of ketones is 1. The molecular formula is C22H27BBrO4S2. The Morgan fingerprint density at radius 2 is 2.17 bits per heavy atom. The predicted octanol–water partition coefficient (Wildman–Crippen LogP) is 4.82. The molecule has 1 heterocycles. The summed E-state index contributed by atoms with van der Waals surface area (Å²) in [6.07, 6.45) is 9.79. The maximum absolute atomic E-state index is 12.4. The number of rotatable bonds is 12. The Hall–Kier alpha value is -0.955. The quantitative estimate of drug-likeness (QED) is 0.139. The molecule has 4 atom stereocenters. The number of thioether (sulfide) groups is 1. The van der Waals surface area contributed by atoms with E-state index in [4.69, 9.17) is 12.6 Å². The molecule has 2 N–H and O–H groups in total. The van der Waals surface area contributed by atoms with Crippen molar-refractivity contribution in [1.82, 2.24) is 0 Å². The van der Waals surface area contributed by atoms with Crippen molar-refractivity contribution in [2.24, 2.45) is 17.8 Å². The van der Waals surface area contributed by atoms with Crippen molar-refractivity contribution in [3.05, 3.63) is 39.7 Å². The molecule has 1 aliphatic carbocycles. The third-order valence-electron chi connectivity index (χ3n) is 5.28. The number of carbonyl (C=O) groups excluding carboxylic acids is 1. The number of hydrogen-bond acceptors (Lipinski definition) is 5. The number of aryl methyl sites for hydroxylation is 1. The zero-order chi connectivity index (χ0) is 22.1. The van der Waals surface area contributed by atoms with Crippen molar-refractivity contribution < 1.29 is 19.8 Å². The number of halogens is 1. The molecule has 1 aromatic rings. The first-order valence-electron chi connectivity index (χ1n) is 10.0. The van der Waals surface area contributed by atoms with Crippen molar-refractivity contribution >= 4 is 64.2 Å². The van der Waals surface area contributed by atoms with Gasteiger partial charge in [0, 0.05) is 0 Å². The molecule has 0 aliphatic heterocycles. The number of aliphatic carboxylic acids is 1. The van der Waals surface area contributed by atoms with Gasteiger partial charge in [0.15, 0.2) is 0 Å². The van der Waals surface area contributed by atoms with Gasteiger partial charge in [0.25, 0.3) is 0 Å².